The smallest absolute Gasteiger partial charge is 0.302 e. The van der Waals surface area contributed by atoms with Crippen molar-refractivity contribution in [3.8, 4) is 0 Å². The van der Waals surface area contributed by atoms with E-state index in [0.717, 1.165) is 5.57 Å². The lowest BCUT2D eigenvalue weighted by molar-refractivity contribution is -0.139. The Morgan fingerprint density at radius 3 is 2.20 bits per heavy atom. The van der Waals surface area contributed by atoms with E-state index in [1.54, 1.807) is 0 Å². The lowest BCUT2D eigenvalue weighted by Gasteiger charge is -2.00. The van der Waals surface area contributed by atoms with Gasteiger partial charge in [-0.2, -0.15) is 0 Å². The van der Waals surface area contributed by atoms with Crippen molar-refractivity contribution in [3.05, 3.63) is 10.6 Å². The molecule has 0 fully saturated rings. The lowest BCUT2D eigenvalue weighted by atomic mass is 10.3. The summed E-state index contributed by atoms with van der Waals surface area (Å²) in [5.74, 6) is -0.306. The van der Waals surface area contributed by atoms with Gasteiger partial charge >= 0.3 is 5.97 Å². The highest BCUT2D eigenvalue weighted by molar-refractivity contribution is 6.30. The molecule has 0 aliphatic heterocycles. The van der Waals surface area contributed by atoms with Gasteiger partial charge in [-0.3, -0.25) is 4.79 Å². The Morgan fingerprint density at radius 2 is 1.90 bits per heavy atom. The standard InChI is InChI=1S/C7H11ClO2/c1-5(2)7(8)4-10-6(3)9/h4H2,1-3H3. The first-order chi connectivity index (χ1) is 4.54. The number of carbonyl (C=O) groups excluding carboxylic acids is 1. The SMILES string of the molecule is CC(=O)OCC(Cl)=C(C)C. The second kappa shape index (κ2) is 4.34. The van der Waals surface area contributed by atoms with Gasteiger partial charge in [-0.1, -0.05) is 17.2 Å². The molecule has 0 N–H and O–H groups in total. The summed E-state index contributed by atoms with van der Waals surface area (Å²) in [6.07, 6.45) is 0. The number of allylic oxidation sites excluding steroid dienone is 1. The lowest BCUT2D eigenvalue weighted by Crippen LogP contribution is -2.00. The van der Waals surface area contributed by atoms with E-state index in [2.05, 4.69) is 4.74 Å². The number of hydrogen-bond acceptors (Lipinski definition) is 2. The van der Waals surface area contributed by atoms with Gasteiger partial charge < -0.3 is 4.74 Å². The minimum atomic E-state index is -0.306. The molecule has 0 saturated carbocycles. The second-order valence-corrected chi connectivity index (χ2v) is 2.64. The first kappa shape index (κ1) is 9.50. The van der Waals surface area contributed by atoms with Crippen molar-refractivity contribution in [1.82, 2.24) is 0 Å². The molecule has 0 aromatic carbocycles. The van der Waals surface area contributed by atoms with Crippen LogP contribution in [-0.2, 0) is 9.53 Å². The van der Waals surface area contributed by atoms with Gasteiger partial charge in [0.05, 0.1) is 5.03 Å². The normalized spacial score (nSPS) is 8.80. The minimum absolute atomic E-state index is 0.194. The number of ether oxygens (including phenoxy) is 1. The number of carbonyl (C=O) groups is 1. The molecule has 10 heavy (non-hydrogen) atoms. The number of hydrogen-bond donors (Lipinski definition) is 0. The average Bonchev–Trinajstić information content (AvgIpc) is 1.82. The average molecular weight is 163 g/mol. The Bertz CT molecular complexity index is 157. The minimum Gasteiger partial charge on any atom is -0.460 e. The van der Waals surface area contributed by atoms with Crippen molar-refractivity contribution in [2.75, 3.05) is 6.61 Å². The van der Waals surface area contributed by atoms with Crippen molar-refractivity contribution in [3.63, 3.8) is 0 Å². The van der Waals surface area contributed by atoms with Gasteiger partial charge in [-0.05, 0) is 13.8 Å². The van der Waals surface area contributed by atoms with Crippen molar-refractivity contribution >= 4 is 17.6 Å². The molecule has 0 aromatic rings. The Balaban J connectivity index is 3.71. The van der Waals surface area contributed by atoms with Gasteiger partial charge in [0.15, 0.2) is 0 Å². The van der Waals surface area contributed by atoms with Crippen LogP contribution >= 0.6 is 11.6 Å². The van der Waals surface area contributed by atoms with Crippen LogP contribution in [0.25, 0.3) is 0 Å². The molecule has 0 rings (SSSR count). The van der Waals surface area contributed by atoms with E-state index in [1.807, 2.05) is 13.8 Å². The van der Waals surface area contributed by atoms with Crippen LogP contribution in [0.15, 0.2) is 10.6 Å². The molecule has 0 radical (unpaired) electrons. The number of rotatable bonds is 2. The first-order valence-corrected chi connectivity index (χ1v) is 3.37. The van der Waals surface area contributed by atoms with Crippen LogP contribution in [0.5, 0.6) is 0 Å². The topological polar surface area (TPSA) is 26.3 Å². The molecule has 58 valence electrons. The number of esters is 1. The van der Waals surface area contributed by atoms with Gasteiger partial charge in [0.2, 0.25) is 0 Å². The molecule has 0 bridgehead atoms. The molecule has 0 amide bonds. The van der Waals surface area contributed by atoms with Gasteiger partial charge in [-0.15, -0.1) is 0 Å². The van der Waals surface area contributed by atoms with E-state index in [4.69, 9.17) is 11.6 Å². The highest BCUT2D eigenvalue weighted by atomic mass is 35.5. The predicted octanol–water partition coefficient (Wildman–Crippen LogP) is 2.08. The van der Waals surface area contributed by atoms with E-state index < -0.39 is 0 Å². The van der Waals surface area contributed by atoms with E-state index in [-0.39, 0.29) is 12.6 Å². The summed E-state index contributed by atoms with van der Waals surface area (Å²) in [6.45, 7) is 5.28. The molecule has 0 saturated heterocycles. The van der Waals surface area contributed by atoms with Crippen LogP contribution in [0.4, 0.5) is 0 Å². The summed E-state index contributed by atoms with van der Waals surface area (Å²) in [6, 6.07) is 0. The monoisotopic (exact) mass is 162 g/mol. The summed E-state index contributed by atoms with van der Waals surface area (Å²) in [7, 11) is 0. The zero-order valence-electron chi connectivity index (χ0n) is 6.40. The van der Waals surface area contributed by atoms with Crippen LogP contribution < -0.4 is 0 Å². The maximum atomic E-state index is 10.3. The second-order valence-electron chi connectivity index (χ2n) is 2.19. The third-order valence-corrected chi connectivity index (χ3v) is 1.43. The van der Waals surface area contributed by atoms with E-state index >= 15 is 0 Å². The summed E-state index contributed by atoms with van der Waals surface area (Å²) < 4.78 is 4.64. The maximum absolute atomic E-state index is 10.3. The summed E-state index contributed by atoms with van der Waals surface area (Å²) in [5.41, 5.74) is 0.975. The first-order valence-electron chi connectivity index (χ1n) is 2.99. The molecule has 0 atom stereocenters. The Labute approximate surface area is 65.8 Å². The van der Waals surface area contributed by atoms with Crippen molar-refractivity contribution in [2.45, 2.75) is 20.8 Å². The highest BCUT2D eigenvalue weighted by Crippen LogP contribution is 2.07. The van der Waals surface area contributed by atoms with Crippen molar-refractivity contribution < 1.29 is 9.53 Å². The summed E-state index contributed by atoms with van der Waals surface area (Å²) in [4.78, 5) is 10.3. The van der Waals surface area contributed by atoms with Crippen LogP contribution in [0.3, 0.4) is 0 Å². The molecule has 0 aromatic heterocycles. The quantitative estimate of drug-likeness (QED) is 0.582. The fraction of sp³-hybridized carbons (Fsp3) is 0.571. The van der Waals surface area contributed by atoms with Gasteiger partial charge in [0.25, 0.3) is 0 Å². The van der Waals surface area contributed by atoms with Gasteiger partial charge in [0.1, 0.15) is 6.61 Å². The third-order valence-electron chi connectivity index (χ3n) is 0.945. The zero-order valence-corrected chi connectivity index (χ0v) is 7.16. The molecule has 2 nitrogen and oxygen atoms in total. The molecular formula is C7H11ClO2. The maximum Gasteiger partial charge on any atom is 0.302 e. The summed E-state index contributed by atoms with van der Waals surface area (Å²) in [5, 5.41) is 0.593. The number of halogens is 1. The fourth-order valence-corrected chi connectivity index (χ4v) is 0.364. The van der Waals surface area contributed by atoms with Crippen LogP contribution in [-0.4, -0.2) is 12.6 Å². The zero-order chi connectivity index (χ0) is 8.15. The van der Waals surface area contributed by atoms with Crippen molar-refractivity contribution in [2.24, 2.45) is 0 Å². The molecule has 0 unspecified atom stereocenters. The molecule has 0 aliphatic carbocycles. The molecule has 0 heterocycles. The van der Waals surface area contributed by atoms with Crippen LogP contribution in [0.1, 0.15) is 20.8 Å². The van der Waals surface area contributed by atoms with Crippen molar-refractivity contribution in [1.29, 1.82) is 0 Å². The Kier molecular flexibility index (Phi) is 4.12. The van der Waals surface area contributed by atoms with Gasteiger partial charge in [0, 0.05) is 6.92 Å². The third kappa shape index (κ3) is 4.39. The fourth-order valence-electron chi connectivity index (χ4n) is 0.309. The van der Waals surface area contributed by atoms with E-state index in [0.29, 0.717) is 5.03 Å². The molecule has 0 spiro atoms. The van der Waals surface area contributed by atoms with Crippen LogP contribution in [0, 0.1) is 0 Å². The largest absolute Gasteiger partial charge is 0.460 e. The van der Waals surface area contributed by atoms with Crippen LogP contribution in [0.2, 0.25) is 0 Å². The molecule has 3 heteroatoms. The Morgan fingerprint density at radius 1 is 1.40 bits per heavy atom. The summed E-state index contributed by atoms with van der Waals surface area (Å²) >= 11 is 5.66. The molecule has 0 aliphatic rings. The van der Waals surface area contributed by atoms with E-state index in [1.165, 1.54) is 6.92 Å². The predicted molar refractivity (Wildman–Crippen MR) is 40.9 cm³/mol. The Hall–Kier alpha value is -0.500. The van der Waals surface area contributed by atoms with Gasteiger partial charge in [-0.25, -0.2) is 0 Å². The molecular weight excluding hydrogens is 152 g/mol. The highest BCUT2D eigenvalue weighted by Gasteiger charge is 1.97. The van der Waals surface area contributed by atoms with E-state index in [9.17, 15) is 4.79 Å².